The summed E-state index contributed by atoms with van der Waals surface area (Å²) in [5.41, 5.74) is 2.04. The van der Waals surface area contributed by atoms with Gasteiger partial charge in [-0.15, -0.1) is 10.2 Å². The van der Waals surface area contributed by atoms with Crippen molar-refractivity contribution in [3.8, 4) is 11.4 Å². The molecule has 0 amide bonds. The number of rotatable bonds is 4. The Hall–Kier alpha value is -2.58. The highest BCUT2D eigenvalue weighted by molar-refractivity contribution is 7.13. The summed E-state index contributed by atoms with van der Waals surface area (Å²) < 4.78 is 2.15. The normalized spacial score (nSPS) is 14.5. The summed E-state index contributed by atoms with van der Waals surface area (Å²) in [7, 11) is 0. The highest BCUT2D eigenvalue weighted by atomic mass is 32.1. The van der Waals surface area contributed by atoms with E-state index in [9.17, 15) is 10.1 Å². The molecule has 0 N–H and O–H groups in total. The first-order chi connectivity index (χ1) is 11.7. The molecule has 7 nitrogen and oxygen atoms in total. The molecule has 1 aromatic carbocycles. The first-order valence-electron chi connectivity index (χ1n) is 7.62. The average Bonchev–Trinajstić information content (AvgIpc) is 3.22. The lowest BCUT2D eigenvalue weighted by Gasteiger charge is -2.27. The van der Waals surface area contributed by atoms with Crippen LogP contribution in [0.2, 0.25) is 0 Å². The van der Waals surface area contributed by atoms with E-state index in [4.69, 9.17) is 0 Å². The number of fused-ring (bicyclic) bond motifs is 1. The van der Waals surface area contributed by atoms with Gasteiger partial charge in [-0.3, -0.25) is 15.0 Å². The summed E-state index contributed by atoms with van der Waals surface area (Å²) in [6.45, 7) is 3.08. The van der Waals surface area contributed by atoms with Crippen LogP contribution in [-0.2, 0) is 19.6 Å². The van der Waals surface area contributed by atoms with Gasteiger partial charge in [0.2, 0.25) is 0 Å². The third-order valence-electron chi connectivity index (χ3n) is 4.09. The summed E-state index contributed by atoms with van der Waals surface area (Å²) in [5, 5.41) is 21.5. The fourth-order valence-electron chi connectivity index (χ4n) is 2.94. The molecule has 3 aromatic rings. The third kappa shape index (κ3) is 2.81. The van der Waals surface area contributed by atoms with Crippen LogP contribution in [0.25, 0.3) is 11.4 Å². The van der Waals surface area contributed by atoms with E-state index in [1.807, 2.05) is 35.7 Å². The number of hydrogen-bond acceptors (Lipinski definition) is 6. The number of thiophene rings is 1. The topological polar surface area (TPSA) is 77.1 Å². The summed E-state index contributed by atoms with van der Waals surface area (Å²) in [6, 6.07) is 11.7. The van der Waals surface area contributed by atoms with Gasteiger partial charge in [0.05, 0.1) is 11.5 Å². The van der Waals surface area contributed by atoms with Crippen LogP contribution in [0.3, 0.4) is 0 Å². The highest BCUT2D eigenvalue weighted by Gasteiger charge is 2.22. The van der Waals surface area contributed by atoms with Crippen LogP contribution in [0, 0.1) is 10.1 Å². The molecule has 2 aromatic heterocycles. The standard InChI is InChI=1S/C16H15N5O2S/c22-21(23)15-8-12(11-24-15)9-19-6-7-20-14(10-19)17-18-16(20)13-4-2-1-3-5-13/h1-5,8,11H,6-7,9-10H2. The molecule has 0 aliphatic carbocycles. The first-order valence-corrected chi connectivity index (χ1v) is 8.50. The number of aromatic nitrogens is 3. The van der Waals surface area contributed by atoms with E-state index in [2.05, 4.69) is 19.7 Å². The highest BCUT2D eigenvalue weighted by Crippen LogP contribution is 2.26. The van der Waals surface area contributed by atoms with Crippen LogP contribution < -0.4 is 0 Å². The molecule has 0 saturated carbocycles. The maximum atomic E-state index is 10.8. The van der Waals surface area contributed by atoms with Crippen molar-refractivity contribution in [2.45, 2.75) is 19.6 Å². The van der Waals surface area contributed by atoms with Gasteiger partial charge in [-0.05, 0) is 5.56 Å². The lowest BCUT2D eigenvalue weighted by Crippen LogP contribution is -2.33. The van der Waals surface area contributed by atoms with Crippen LogP contribution in [0.4, 0.5) is 5.00 Å². The fraction of sp³-hybridized carbons (Fsp3) is 0.250. The molecule has 3 heterocycles. The molecule has 122 valence electrons. The van der Waals surface area contributed by atoms with E-state index >= 15 is 0 Å². The largest absolute Gasteiger partial charge is 0.324 e. The van der Waals surface area contributed by atoms with Gasteiger partial charge < -0.3 is 4.57 Å². The fourth-order valence-corrected chi connectivity index (χ4v) is 3.66. The Kier molecular flexibility index (Phi) is 3.83. The maximum Gasteiger partial charge on any atom is 0.324 e. The Morgan fingerprint density at radius 3 is 2.79 bits per heavy atom. The molecule has 0 bridgehead atoms. The SMILES string of the molecule is O=[N+]([O-])c1cc(CN2CCn3c(nnc3-c3ccccc3)C2)cs1. The maximum absolute atomic E-state index is 10.8. The Labute approximate surface area is 142 Å². The van der Waals surface area contributed by atoms with E-state index in [0.717, 1.165) is 35.9 Å². The van der Waals surface area contributed by atoms with Crippen molar-refractivity contribution in [1.82, 2.24) is 19.7 Å². The molecule has 0 saturated heterocycles. The molecular formula is C16H15N5O2S. The van der Waals surface area contributed by atoms with Gasteiger partial charge in [-0.2, -0.15) is 0 Å². The van der Waals surface area contributed by atoms with Gasteiger partial charge in [0.15, 0.2) is 5.82 Å². The zero-order valence-corrected chi connectivity index (χ0v) is 13.6. The zero-order chi connectivity index (χ0) is 16.5. The van der Waals surface area contributed by atoms with Gasteiger partial charge in [0, 0.05) is 36.6 Å². The average molecular weight is 341 g/mol. The number of nitrogens with zero attached hydrogens (tertiary/aromatic N) is 5. The van der Waals surface area contributed by atoms with Crippen LogP contribution in [0.1, 0.15) is 11.4 Å². The second-order valence-electron chi connectivity index (χ2n) is 5.72. The number of hydrogen-bond donors (Lipinski definition) is 0. The van der Waals surface area contributed by atoms with Crippen molar-refractivity contribution < 1.29 is 4.92 Å². The van der Waals surface area contributed by atoms with Gasteiger partial charge in [-0.25, -0.2) is 0 Å². The van der Waals surface area contributed by atoms with Crippen molar-refractivity contribution in [3.63, 3.8) is 0 Å². The Morgan fingerprint density at radius 1 is 1.21 bits per heavy atom. The molecule has 0 unspecified atom stereocenters. The lowest BCUT2D eigenvalue weighted by atomic mass is 10.2. The molecule has 0 spiro atoms. The molecule has 8 heteroatoms. The van der Waals surface area contributed by atoms with Gasteiger partial charge in [0.1, 0.15) is 5.82 Å². The molecule has 0 atom stereocenters. The first kappa shape index (κ1) is 15.0. The summed E-state index contributed by atoms with van der Waals surface area (Å²) in [5.74, 6) is 1.83. The van der Waals surface area contributed by atoms with Crippen molar-refractivity contribution in [3.05, 3.63) is 63.3 Å². The minimum absolute atomic E-state index is 0.191. The Balaban J connectivity index is 1.50. The molecule has 1 aliphatic heterocycles. The van der Waals surface area contributed by atoms with Crippen molar-refractivity contribution in [2.24, 2.45) is 0 Å². The molecule has 1 aliphatic rings. The van der Waals surface area contributed by atoms with Gasteiger partial charge in [0.25, 0.3) is 0 Å². The number of benzene rings is 1. The lowest BCUT2D eigenvalue weighted by molar-refractivity contribution is -0.380. The molecular weight excluding hydrogens is 326 g/mol. The van der Waals surface area contributed by atoms with Crippen LogP contribution >= 0.6 is 11.3 Å². The van der Waals surface area contributed by atoms with E-state index in [-0.39, 0.29) is 9.92 Å². The van der Waals surface area contributed by atoms with Crippen molar-refractivity contribution in [2.75, 3.05) is 6.54 Å². The molecule has 0 radical (unpaired) electrons. The Morgan fingerprint density at radius 2 is 2.04 bits per heavy atom. The van der Waals surface area contributed by atoms with Crippen molar-refractivity contribution in [1.29, 1.82) is 0 Å². The predicted octanol–water partition coefficient (Wildman–Crippen LogP) is 2.93. The number of nitro groups is 1. The second-order valence-corrected chi connectivity index (χ2v) is 6.61. The van der Waals surface area contributed by atoms with E-state index in [0.29, 0.717) is 13.1 Å². The Bertz CT molecular complexity index is 874. The van der Waals surface area contributed by atoms with Crippen LogP contribution in [0.15, 0.2) is 41.8 Å². The summed E-state index contributed by atoms with van der Waals surface area (Å²) in [4.78, 5) is 12.7. The second kappa shape index (κ2) is 6.14. The third-order valence-corrected chi connectivity index (χ3v) is 5.02. The summed E-state index contributed by atoms with van der Waals surface area (Å²) >= 11 is 1.17. The van der Waals surface area contributed by atoms with Crippen LogP contribution in [0.5, 0.6) is 0 Å². The van der Waals surface area contributed by atoms with Gasteiger partial charge in [-0.1, -0.05) is 41.7 Å². The summed E-state index contributed by atoms with van der Waals surface area (Å²) in [6.07, 6.45) is 0. The van der Waals surface area contributed by atoms with E-state index in [1.54, 1.807) is 6.07 Å². The molecule has 4 rings (SSSR count). The minimum atomic E-state index is -0.340. The molecule has 0 fully saturated rings. The zero-order valence-electron chi connectivity index (χ0n) is 12.8. The van der Waals surface area contributed by atoms with Crippen molar-refractivity contribution >= 4 is 16.3 Å². The van der Waals surface area contributed by atoms with E-state index < -0.39 is 0 Å². The molecule has 24 heavy (non-hydrogen) atoms. The smallest absolute Gasteiger partial charge is 0.309 e. The minimum Gasteiger partial charge on any atom is -0.309 e. The monoisotopic (exact) mass is 341 g/mol. The van der Waals surface area contributed by atoms with Gasteiger partial charge >= 0.3 is 5.00 Å². The quantitative estimate of drug-likeness (QED) is 0.538. The van der Waals surface area contributed by atoms with Crippen LogP contribution in [-0.4, -0.2) is 31.1 Å². The predicted molar refractivity (Wildman–Crippen MR) is 90.5 cm³/mol. The van der Waals surface area contributed by atoms with E-state index in [1.165, 1.54) is 11.3 Å².